The van der Waals surface area contributed by atoms with Crippen molar-refractivity contribution in [1.82, 2.24) is 29.5 Å². The van der Waals surface area contributed by atoms with E-state index in [9.17, 15) is 0 Å². The lowest BCUT2D eigenvalue weighted by atomic mass is 9.99. The van der Waals surface area contributed by atoms with E-state index >= 15 is 0 Å². The number of hydrogen-bond acceptors (Lipinski definition) is 8. The van der Waals surface area contributed by atoms with Crippen molar-refractivity contribution >= 4 is 37.4 Å². The second kappa shape index (κ2) is 10.0. The molecule has 0 bridgehead atoms. The van der Waals surface area contributed by atoms with E-state index in [1.807, 2.05) is 7.05 Å². The van der Waals surface area contributed by atoms with Gasteiger partial charge in [-0.15, -0.1) is 5.10 Å². The molecule has 0 amide bonds. The van der Waals surface area contributed by atoms with Crippen molar-refractivity contribution in [2.24, 2.45) is 0 Å². The molecule has 0 spiro atoms. The highest BCUT2D eigenvalue weighted by molar-refractivity contribution is 7.92. The van der Waals surface area contributed by atoms with Crippen LogP contribution < -0.4 is 9.50 Å². The third kappa shape index (κ3) is 4.73. The Hall–Kier alpha value is -1.46. The highest BCUT2D eigenvalue weighted by Gasteiger charge is 2.35. The van der Waals surface area contributed by atoms with E-state index in [-0.39, 0.29) is 13.5 Å². The van der Waals surface area contributed by atoms with E-state index in [1.54, 1.807) is 0 Å². The first-order valence-corrected chi connectivity index (χ1v) is 12.9. The maximum Gasteiger partial charge on any atom is 0.350 e. The van der Waals surface area contributed by atoms with Crippen molar-refractivity contribution < 1.29 is 4.18 Å². The number of benzene rings is 1. The average Bonchev–Trinajstić information content (AvgIpc) is 3.52. The van der Waals surface area contributed by atoms with Crippen LogP contribution in [0.3, 0.4) is 0 Å². The third-order valence-electron chi connectivity index (χ3n) is 7.55. The molecule has 180 valence electrons. The summed E-state index contributed by atoms with van der Waals surface area (Å²) < 4.78 is 7.86. The van der Waals surface area contributed by atoms with Gasteiger partial charge in [-0.25, -0.2) is 10.1 Å². The predicted molar refractivity (Wildman–Crippen MR) is 137 cm³/mol. The van der Waals surface area contributed by atoms with Crippen LogP contribution in [0, 0.1) is 0 Å². The Morgan fingerprint density at radius 3 is 2.42 bits per heavy atom. The fourth-order valence-corrected chi connectivity index (χ4v) is 6.21. The van der Waals surface area contributed by atoms with Gasteiger partial charge < -0.3 is 9.50 Å². The second-order valence-corrected chi connectivity index (χ2v) is 10.4. The number of nitrogens with one attached hydrogen (secondary N) is 2. The molecule has 0 atom stereocenters. The summed E-state index contributed by atoms with van der Waals surface area (Å²) in [4.78, 5) is 7.19. The lowest BCUT2D eigenvalue weighted by Crippen LogP contribution is -2.63. The first-order chi connectivity index (χ1) is 15.7. The number of anilines is 2. The maximum absolute atomic E-state index is 5.80. The Morgan fingerprint density at radius 1 is 1.03 bits per heavy atom. The number of nitrogens with zero attached hydrogens (tertiary/aromatic N) is 5. The van der Waals surface area contributed by atoms with Gasteiger partial charge in [0.15, 0.2) is 12.2 Å². The number of hydrogen-bond donors (Lipinski definition) is 2. The van der Waals surface area contributed by atoms with E-state index < -0.39 is 0 Å². The molecule has 0 saturated carbocycles. The molecule has 4 aliphatic rings. The van der Waals surface area contributed by atoms with Gasteiger partial charge in [0.1, 0.15) is 0 Å². The molecule has 0 radical (unpaired) electrons. The van der Waals surface area contributed by atoms with Crippen LogP contribution in [-0.4, -0.2) is 68.8 Å². The summed E-state index contributed by atoms with van der Waals surface area (Å²) in [6.45, 7) is 4.65. The zero-order valence-electron chi connectivity index (χ0n) is 19.4. The summed E-state index contributed by atoms with van der Waals surface area (Å²) in [6.07, 6.45) is 11.3. The Balaban J connectivity index is 0.00000228. The number of aromatic amines is 1. The van der Waals surface area contributed by atoms with Crippen LogP contribution in [0.5, 0.6) is 6.01 Å². The number of likely N-dealkylation sites (tertiary alicyclic amines) is 1. The molecule has 8 nitrogen and oxygen atoms in total. The first-order valence-electron chi connectivity index (χ1n) is 12.2. The van der Waals surface area contributed by atoms with Crippen LogP contribution in [0.2, 0.25) is 0 Å². The zero-order chi connectivity index (χ0) is 21.5. The van der Waals surface area contributed by atoms with Crippen molar-refractivity contribution in [3.8, 4) is 6.01 Å². The van der Waals surface area contributed by atoms with Crippen molar-refractivity contribution in [2.45, 2.75) is 63.8 Å². The summed E-state index contributed by atoms with van der Waals surface area (Å²) in [5.74, 6) is 0.659. The molecule has 0 unspecified atom stereocenters. The van der Waals surface area contributed by atoms with E-state index in [2.05, 4.69) is 40.9 Å². The number of fused-ring (bicyclic) bond motifs is 2. The molecular formula is C23H35N7OS2. The molecule has 2 aliphatic carbocycles. The molecule has 6 rings (SSSR count). The van der Waals surface area contributed by atoms with E-state index in [0.717, 1.165) is 25.9 Å². The van der Waals surface area contributed by atoms with Gasteiger partial charge in [0.05, 0.1) is 0 Å². The molecule has 2 N–H and O–H groups in total. The lowest BCUT2D eigenvalue weighted by molar-refractivity contribution is -0.0569. The Kier molecular flexibility index (Phi) is 7.08. The summed E-state index contributed by atoms with van der Waals surface area (Å²) in [6, 6.07) is 3.50. The van der Waals surface area contributed by atoms with E-state index in [4.69, 9.17) is 4.18 Å². The second-order valence-electron chi connectivity index (χ2n) is 9.57. The standard InChI is InChI=1S/C23H33N7OS.H2S/c1-28(30-14-18(15-30)29-11-3-2-4-12-29)32-31-23-25-22(26-27-23)24-21-19-9-5-7-16(19)13-17-8-6-10-20(17)21;/h13,18H,2-12,14-15H2,1H3,(H2,24,25,26,27);1H2. The number of aromatic nitrogens is 3. The van der Waals surface area contributed by atoms with Crippen molar-refractivity contribution in [3.05, 3.63) is 28.3 Å². The normalized spacial score (nSPS) is 20.9. The Bertz CT molecular complexity index is 940. The largest absolute Gasteiger partial charge is 0.370 e. The Morgan fingerprint density at radius 2 is 1.73 bits per heavy atom. The average molecular weight is 490 g/mol. The van der Waals surface area contributed by atoms with Gasteiger partial charge in [-0.1, -0.05) is 12.5 Å². The predicted octanol–water partition coefficient (Wildman–Crippen LogP) is 3.60. The summed E-state index contributed by atoms with van der Waals surface area (Å²) in [5.41, 5.74) is 7.24. The SMILES string of the molecule is CN(SOc1n[nH]c(Nc2c3c(cc4c2CCC4)CCC3)n1)N1CC(N2CCCCC2)C1.S. The number of aryl methyl sites for hydroxylation is 2. The molecule has 1 aromatic heterocycles. The fourth-order valence-electron chi connectivity index (χ4n) is 5.74. The van der Waals surface area contributed by atoms with Gasteiger partial charge in [-0.2, -0.15) is 22.9 Å². The number of piperidine rings is 1. The lowest BCUT2D eigenvalue weighted by Gasteiger charge is -2.48. The molecule has 2 fully saturated rings. The quantitative estimate of drug-likeness (QED) is 0.452. The molecule has 33 heavy (non-hydrogen) atoms. The minimum atomic E-state index is 0. The Labute approximate surface area is 207 Å². The van der Waals surface area contributed by atoms with Crippen molar-refractivity contribution in [1.29, 1.82) is 0 Å². The van der Waals surface area contributed by atoms with Gasteiger partial charge in [0.25, 0.3) is 0 Å². The fraction of sp³-hybridized carbons (Fsp3) is 0.652. The van der Waals surface area contributed by atoms with Crippen LogP contribution in [0.15, 0.2) is 6.07 Å². The molecule has 2 saturated heterocycles. The molecule has 3 heterocycles. The van der Waals surface area contributed by atoms with Gasteiger partial charge in [0.2, 0.25) is 5.95 Å². The monoisotopic (exact) mass is 489 g/mol. The molecule has 10 heteroatoms. The molecule has 2 aliphatic heterocycles. The highest BCUT2D eigenvalue weighted by atomic mass is 32.2. The summed E-state index contributed by atoms with van der Waals surface area (Å²) in [7, 11) is 2.04. The van der Waals surface area contributed by atoms with E-state index in [1.165, 1.54) is 98.2 Å². The summed E-state index contributed by atoms with van der Waals surface area (Å²) >= 11 is 1.29. The molecule has 1 aromatic carbocycles. The maximum atomic E-state index is 5.80. The smallest absolute Gasteiger partial charge is 0.350 e. The molecule has 2 aromatic rings. The van der Waals surface area contributed by atoms with Crippen LogP contribution in [-0.2, 0) is 25.7 Å². The van der Waals surface area contributed by atoms with Crippen LogP contribution in [0.25, 0.3) is 0 Å². The minimum Gasteiger partial charge on any atom is -0.370 e. The van der Waals surface area contributed by atoms with Gasteiger partial charge in [-0.3, -0.25) is 4.90 Å². The van der Waals surface area contributed by atoms with E-state index in [0.29, 0.717) is 18.0 Å². The van der Waals surface area contributed by atoms with Gasteiger partial charge in [0, 0.05) is 31.9 Å². The van der Waals surface area contributed by atoms with Crippen LogP contribution in [0.4, 0.5) is 11.6 Å². The van der Waals surface area contributed by atoms with Gasteiger partial charge >= 0.3 is 6.01 Å². The summed E-state index contributed by atoms with van der Waals surface area (Å²) in [5, 5.41) is 13.1. The topological polar surface area (TPSA) is 72.5 Å². The number of H-pyrrole nitrogens is 1. The van der Waals surface area contributed by atoms with Gasteiger partial charge in [-0.05, 0) is 86.7 Å². The molecular weight excluding hydrogens is 454 g/mol. The first kappa shape index (κ1) is 23.3. The number of hydrazine groups is 1. The number of rotatable bonds is 7. The zero-order valence-corrected chi connectivity index (χ0v) is 21.2. The minimum absolute atomic E-state index is 0. The van der Waals surface area contributed by atoms with Crippen LogP contribution >= 0.6 is 25.7 Å². The highest BCUT2D eigenvalue weighted by Crippen LogP contribution is 2.39. The van der Waals surface area contributed by atoms with Crippen molar-refractivity contribution in [2.75, 3.05) is 38.5 Å². The van der Waals surface area contributed by atoms with Crippen LogP contribution in [0.1, 0.15) is 54.4 Å². The van der Waals surface area contributed by atoms with Crippen molar-refractivity contribution in [3.63, 3.8) is 0 Å². The third-order valence-corrected chi connectivity index (χ3v) is 8.22.